The number of rotatable bonds is 11. The lowest BCUT2D eigenvalue weighted by Gasteiger charge is -2.39. The van der Waals surface area contributed by atoms with Gasteiger partial charge in [-0.3, -0.25) is 0 Å². The molecule has 1 aliphatic carbocycles. The maximum atomic E-state index is 6.46. The Labute approximate surface area is 158 Å². The molecule has 0 aromatic rings. The molecule has 3 heteroatoms. The van der Waals surface area contributed by atoms with E-state index in [9.17, 15) is 0 Å². The van der Waals surface area contributed by atoms with Gasteiger partial charge in [0.15, 0.2) is 6.73 Å². The smallest absolute Gasteiger partial charge is 0.183 e. The van der Waals surface area contributed by atoms with Crippen molar-refractivity contribution in [2.24, 2.45) is 17.8 Å². The van der Waals surface area contributed by atoms with Crippen molar-refractivity contribution in [3.63, 3.8) is 0 Å². The topological polar surface area (TPSA) is 9.23 Å². The second-order valence-corrected chi connectivity index (χ2v) is 9.09. The monoisotopic (exact) mass is 361 g/mol. The fraction of sp³-hybridized carbons (Fsp3) is 1.00. The molecule has 0 N–H and O–H groups in total. The molecule has 0 heterocycles. The molecular weight excluding hydrogens is 318 g/mol. The van der Waals surface area contributed by atoms with Crippen LogP contribution in [-0.4, -0.2) is 38.0 Å². The van der Waals surface area contributed by atoms with Crippen molar-refractivity contribution in [1.29, 1.82) is 0 Å². The minimum absolute atomic E-state index is 0. The van der Waals surface area contributed by atoms with E-state index in [4.69, 9.17) is 4.74 Å². The Bertz CT molecular complexity index is 306. The minimum atomic E-state index is 0. The van der Waals surface area contributed by atoms with Crippen LogP contribution in [0.1, 0.15) is 85.5 Å². The highest BCUT2D eigenvalue weighted by Crippen LogP contribution is 2.35. The van der Waals surface area contributed by atoms with Gasteiger partial charge in [0.2, 0.25) is 0 Å². The average molecular weight is 362 g/mol. The maximum Gasteiger partial charge on any atom is 0.183 e. The molecule has 0 spiro atoms. The van der Waals surface area contributed by atoms with Gasteiger partial charge in [0.25, 0.3) is 0 Å². The Morgan fingerprint density at radius 2 is 1.62 bits per heavy atom. The summed E-state index contributed by atoms with van der Waals surface area (Å²) < 4.78 is 7.48. The average Bonchev–Trinajstić information content (AvgIpc) is 2.48. The zero-order valence-electron chi connectivity index (χ0n) is 17.3. The molecule has 0 aromatic carbocycles. The molecule has 1 saturated carbocycles. The highest BCUT2D eigenvalue weighted by atomic mass is 35.5. The molecule has 24 heavy (non-hydrogen) atoms. The van der Waals surface area contributed by atoms with Gasteiger partial charge < -0.3 is 21.6 Å². The summed E-state index contributed by atoms with van der Waals surface area (Å²) in [6.45, 7) is 11.5. The SMILES string of the molecule is CCCCCCCC[N+](C)(C)CO[C@@H]1C[C@H](C)CC[C@H]1C(C)C.[Cl-]. The van der Waals surface area contributed by atoms with Crippen LogP contribution in [0.4, 0.5) is 0 Å². The number of hydrogen-bond acceptors (Lipinski definition) is 1. The van der Waals surface area contributed by atoms with Crippen molar-refractivity contribution in [3.8, 4) is 0 Å². The third-order valence-electron chi connectivity index (χ3n) is 5.72. The van der Waals surface area contributed by atoms with Crippen molar-refractivity contribution in [2.45, 2.75) is 91.6 Å². The largest absolute Gasteiger partial charge is 1.00 e. The van der Waals surface area contributed by atoms with Crippen LogP contribution in [0.2, 0.25) is 0 Å². The van der Waals surface area contributed by atoms with E-state index >= 15 is 0 Å². The Morgan fingerprint density at radius 1 is 1.00 bits per heavy atom. The lowest BCUT2D eigenvalue weighted by Crippen LogP contribution is -3.00. The van der Waals surface area contributed by atoms with Gasteiger partial charge in [-0.1, -0.05) is 59.8 Å². The summed E-state index contributed by atoms with van der Waals surface area (Å²) in [6.07, 6.45) is 12.8. The number of quaternary nitrogens is 1. The molecule has 0 amide bonds. The van der Waals surface area contributed by atoms with E-state index in [1.165, 1.54) is 64.3 Å². The van der Waals surface area contributed by atoms with E-state index in [0.717, 1.165) is 29.0 Å². The number of halogens is 1. The van der Waals surface area contributed by atoms with Crippen LogP contribution in [0.3, 0.4) is 0 Å². The van der Waals surface area contributed by atoms with Gasteiger partial charge in [0, 0.05) is 0 Å². The predicted molar refractivity (Wildman–Crippen MR) is 101 cm³/mol. The molecule has 3 atom stereocenters. The highest BCUT2D eigenvalue weighted by molar-refractivity contribution is 4.81. The Morgan fingerprint density at radius 3 is 2.25 bits per heavy atom. The van der Waals surface area contributed by atoms with Gasteiger partial charge in [0.05, 0.1) is 26.7 Å². The molecule has 1 fully saturated rings. The van der Waals surface area contributed by atoms with Crippen molar-refractivity contribution in [3.05, 3.63) is 0 Å². The molecule has 0 bridgehead atoms. The molecular formula is C21H44ClNO. The van der Waals surface area contributed by atoms with Crippen LogP contribution < -0.4 is 12.4 Å². The first kappa shape index (κ1) is 24.2. The summed E-state index contributed by atoms with van der Waals surface area (Å²) in [5, 5.41) is 0. The zero-order valence-corrected chi connectivity index (χ0v) is 18.1. The van der Waals surface area contributed by atoms with Gasteiger partial charge in [0.1, 0.15) is 0 Å². The molecule has 0 aliphatic heterocycles. The Kier molecular flexibility index (Phi) is 12.7. The van der Waals surface area contributed by atoms with Gasteiger partial charge >= 0.3 is 0 Å². The first-order valence-corrected chi connectivity index (χ1v) is 10.3. The quantitative estimate of drug-likeness (QED) is 0.312. The summed E-state index contributed by atoms with van der Waals surface area (Å²) >= 11 is 0. The maximum absolute atomic E-state index is 6.46. The van der Waals surface area contributed by atoms with E-state index in [2.05, 4.69) is 41.8 Å². The molecule has 0 radical (unpaired) electrons. The number of nitrogens with zero attached hydrogens (tertiary/aromatic N) is 1. The standard InChI is InChI=1S/C21H44NO.ClH/c1-7-8-9-10-11-12-15-22(5,6)17-23-21-16-19(4)13-14-20(21)18(2)3;/h18-21H,7-17H2,1-6H3;1H/q+1;/p-1/t19-,20+,21-;/m1./s1. The normalized spacial score (nSPS) is 24.9. The van der Waals surface area contributed by atoms with E-state index in [1.807, 2.05) is 0 Å². The van der Waals surface area contributed by atoms with Gasteiger partial charge in [-0.25, -0.2) is 0 Å². The summed E-state index contributed by atoms with van der Waals surface area (Å²) in [5.41, 5.74) is 0. The lowest BCUT2D eigenvalue weighted by molar-refractivity contribution is -0.911. The second-order valence-electron chi connectivity index (χ2n) is 9.09. The summed E-state index contributed by atoms with van der Waals surface area (Å²) in [4.78, 5) is 0. The Balaban J connectivity index is 0.00000529. The first-order valence-electron chi connectivity index (χ1n) is 10.3. The van der Waals surface area contributed by atoms with Crippen LogP contribution in [-0.2, 0) is 4.74 Å². The molecule has 1 aliphatic rings. The number of ether oxygens (including phenoxy) is 1. The second kappa shape index (κ2) is 12.5. The Hall–Kier alpha value is 0.210. The molecule has 0 saturated heterocycles. The van der Waals surface area contributed by atoms with Crippen LogP contribution in [0, 0.1) is 17.8 Å². The van der Waals surface area contributed by atoms with E-state index in [-0.39, 0.29) is 12.4 Å². The fourth-order valence-corrected chi connectivity index (χ4v) is 3.99. The van der Waals surface area contributed by atoms with Crippen molar-refractivity contribution < 1.29 is 21.6 Å². The summed E-state index contributed by atoms with van der Waals surface area (Å²) in [6, 6.07) is 0. The number of hydrogen-bond donors (Lipinski definition) is 0. The van der Waals surface area contributed by atoms with Crippen LogP contribution >= 0.6 is 0 Å². The third kappa shape index (κ3) is 9.63. The first-order chi connectivity index (χ1) is 10.9. The van der Waals surface area contributed by atoms with Gasteiger partial charge in [-0.2, -0.15) is 0 Å². The van der Waals surface area contributed by atoms with Crippen molar-refractivity contribution >= 4 is 0 Å². The van der Waals surface area contributed by atoms with Crippen molar-refractivity contribution in [1.82, 2.24) is 0 Å². The summed E-state index contributed by atoms with van der Waals surface area (Å²) in [5.74, 6) is 2.35. The summed E-state index contributed by atoms with van der Waals surface area (Å²) in [7, 11) is 4.67. The third-order valence-corrected chi connectivity index (χ3v) is 5.72. The molecule has 2 nitrogen and oxygen atoms in total. The van der Waals surface area contributed by atoms with Crippen LogP contribution in [0.15, 0.2) is 0 Å². The van der Waals surface area contributed by atoms with Gasteiger partial charge in [-0.05, 0) is 43.4 Å². The predicted octanol–water partition coefficient (Wildman–Crippen LogP) is 2.86. The van der Waals surface area contributed by atoms with Crippen LogP contribution in [0.5, 0.6) is 0 Å². The fourth-order valence-electron chi connectivity index (χ4n) is 3.99. The van der Waals surface area contributed by atoms with E-state index in [1.54, 1.807) is 0 Å². The molecule has 0 aromatic heterocycles. The van der Waals surface area contributed by atoms with E-state index < -0.39 is 0 Å². The van der Waals surface area contributed by atoms with E-state index in [0.29, 0.717) is 6.10 Å². The molecule has 1 rings (SSSR count). The minimum Gasteiger partial charge on any atom is -1.00 e. The molecule has 146 valence electrons. The zero-order chi connectivity index (χ0) is 17.3. The molecule has 0 unspecified atom stereocenters. The lowest BCUT2D eigenvalue weighted by atomic mass is 9.75. The highest BCUT2D eigenvalue weighted by Gasteiger charge is 2.32. The number of unbranched alkanes of at least 4 members (excludes halogenated alkanes) is 5. The van der Waals surface area contributed by atoms with Gasteiger partial charge in [-0.15, -0.1) is 0 Å². The van der Waals surface area contributed by atoms with Crippen molar-refractivity contribution in [2.75, 3.05) is 27.4 Å². The van der Waals surface area contributed by atoms with Crippen LogP contribution in [0.25, 0.3) is 0 Å².